The summed E-state index contributed by atoms with van der Waals surface area (Å²) in [6.07, 6.45) is 7.53. The second-order valence-electron chi connectivity index (χ2n) is 4.46. The topological polar surface area (TPSA) is 30.2 Å². The lowest BCUT2D eigenvalue weighted by Gasteiger charge is -2.13. The van der Waals surface area contributed by atoms with E-state index in [9.17, 15) is 4.79 Å². The van der Waals surface area contributed by atoms with E-state index in [4.69, 9.17) is 0 Å². The van der Waals surface area contributed by atoms with Crippen molar-refractivity contribution in [1.29, 1.82) is 0 Å². The van der Waals surface area contributed by atoms with Gasteiger partial charge in [-0.05, 0) is 45.8 Å². The number of imidazole rings is 1. The van der Waals surface area contributed by atoms with Crippen molar-refractivity contribution in [1.82, 2.24) is 14.0 Å². The summed E-state index contributed by atoms with van der Waals surface area (Å²) in [5.41, 5.74) is 0.129. The van der Waals surface area contributed by atoms with Gasteiger partial charge in [-0.1, -0.05) is 0 Å². The third-order valence-corrected chi connectivity index (χ3v) is 3.33. The van der Waals surface area contributed by atoms with Gasteiger partial charge in [0.2, 0.25) is 0 Å². The van der Waals surface area contributed by atoms with E-state index in [1.165, 1.54) is 25.9 Å². The number of hydrogen-bond donors (Lipinski definition) is 0. The molecule has 0 spiro atoms. The largest absolute Gasteiger partial charge is 0.328 e. The van der Waals surface area contributed by atoms with Crippen molar-refractivity contribution in [2.45, 2.75) is 39.3 Å². The standard InChI is InChI=1S/C12H21N3O/c1-2-14-10-11-15(12(14)16)9-5-8-13-6-3-4-7-13/h10-11H,2-9H2,1H3. The van der Waals surface area contributed by atoms with Crippen LogP contribution in [0.5, 0.6) is 0 Å². The first-order chi connectivity index (χ1) is 7.81. The smallest absolute Gasteiger partial charge is 0.303 e. The van der Waals surface area contributed by atoms with Crippen LogP contribution in [-0.2, 0) is 13.1 Å². The van der Waals surface area contributed by atoms with Gasteiger partial charge in [-0.15, -0.1) is 0 Å². The Labute approximate surface area is 96.5 Å². The summed E-state index contributed by atoms with van der Waals surface area (Å²) in [5, 5.41) is 0. The van der Waals surface area contributed by atoms with Crippen molar-refractivity contribution in [2.75, 3.05) is 19.6 Å². The van der Waals surface area contributed by atoms with Crippen LogP contribution in [0.15, 0.2) is 17.2 Å². The average Bonchev–Trinajstić information content (AvgIpc) is 2.90. The lowest BCUT2D eigenvalue weighted by molar-refractivity contribution is 0.324. The van der Waals surface area contributed by atoms with E-state index in [1.807, 2.05) is 23.9 Å². The fourth-order valence-electron chi connectivity index (χ4n) is 2.34. The van der Waals surface area contributed by atoms with E-state index in [0.29, 0.717) is 0 Å². The average molecular weight is 223 g/mol. The van der Waals surface area contributed by atoms with E-state index in [-0.39, 0.29) is 5.69 Å². The van der Waals surface area contributed by atoms with E-state index < -0.39 is 0 Å². The van der Waals surface area contributed by atoms with Crippen LogP contribution >= 0.6 is 0 Å². The molecule has 2 rings (SSSR count). The fourth-order valence-corrected chi connectivity index (χ4v) is 2.34. The summed E-state index contributed by atoms with van der Waals surface area (Å²) < 4.78 is 3.56. The number of nitrogens with zero attached hydrogens (tertiary/aromatic N) is 3. The molecular weight excluding hydrogens is 202 g/mol. The molecule has 1 saturated heterocycles. The Balaban J connectivity index is 1.80. The molecule has 0 radical (unpaired) electrons. The zero-order valence-electron chi connectivity index (χ0n) is 10.1. The van der Waals surface area contributed by atoms with Crippen molar-refractivity contribution in [3.8, 4) is 0 Å². The molecule has 0 amide bonds. The zero-order chi connectivity index (χ0) is 11.4. The highest BCUT2D eigenvalue weighted by Gasteiger charge is 2.10. The summed E-state index contributed by atoms with van der Waals surface area (Å²) in [6.45, 7) is 7.22. The van der Waals surface area contributed by atoms with Gasteiger partial charge in [0.25, 0.3) is 0 Å². The van der Waals surface area contributed by atoms with Crippen LogP contribution in [0.1, 0.15) is 26.2 Å². The predicted octanol–water partition coefficient (Wildman–Crippen LogP) is 1.16. The summed E-state index contributed by atoms with van der Waals surface area (Å²) >= 11 is 0. The van der Waals surface area contributed by atoms with Crippen LogP contribution in [0.3, 0.4) is 0 Å². The number of aromatic nitrogens is 2. The summed E-state index contributed by atoms with van der Waals surface area (Å²) in [7, 11) is 0. The van der Waals surface area contributed by atoms with Gasteiger partial charge in [0.15, 0.2) is 0 Å². The highest BCUT2D eigenvalue weighted by Crippen LogP contribution is 2.07. The molecule has 90 valence electrons. The van der Waals surface area contributed by atoms with Gasteiger partial charge >= 0.3 is 5.69 Å². The molecule has 0 atom stereocenters. The molecule has 16 heavy (non-hydrogen) atoms. The van der Waals surface area contributed by atoms with E-state index in [2.05, 4.69) is 4.90 Å². The Bertz CT molecular complexity index is 374. The van der Waals surface area contributed by atoms with Gasteiger partial charge in [-0.25, -0.2) is 4.79 Å². The molecule has 1 aromatic heterocycles. The van der Waals surface area contributed by atoms with Crippen LogP contribution in [-0.4, -0.2) is 33.7 Å². The van der Waals surface area contributed by atoms with Crippen LogP contribution < -0.4 is 5.69 Å². The maximum Gasteiger partial charge on any atom is 0.328 e. The summed E-state index contributed by atoms with van der Waals surface area (Å²) in [5.74, 6) is 0. The van der Waals surface area contributed by atoms with E-state index in [1.54, 1.807) is 4.57 Å². The van der Waals surface area contributed by atoms with Gasteiger partial charge in [-0.2, -0.15) is 0 Å². The first-order valence-electron chi connectivity index (χ1n) is 6.29. The van der Waals surface area contributed by atoms with Gasteiger partial charge in [-0.3, -0.25) is 9.13 Å². The lowest BCUT2D eigenvalue weighted by atomic mass is 10.4. The van der Waals surface area contributed by atoms with Crippen LogP contribution in [0.25, 0.3) is 0 Å². The van der Waals surface area contributed by atoms with Crippen LogP contribution in [0.2, 0.25) is 0 Å². The Morgan fingerprint density at radius 1 is 1.12 bits per heavy atom. The molecular formula is C12H21N3O. The lowest BCUT2D eigenvalue weighted by Crippen LogP contribution is -2.26. The molecule has 0 aromatic carbocycles. The fraction of sp³-hybridized carbons (Fsp3) is 0.750. The number of hydrogen-bond acceptors (Lipinski definition) is 2. The third-order valence-electron chi connectivity index (χ3n) is 3.33. The second-order valence-corrected chi connectivity index (χ2v) is 4.46. The third kappa shape index (κ3) is 2.55. The predicted molar refractivity (Wildman–Crippen MR) is 64.7 cm³/mol. The highest BCUT2D eigenvalue weighted by molar-refractivity contribution is 4.81. The SMILES string of the molecule is CCn1ccn(CCCN2CCCC2)c1=O. The number of rotatable bonds is 5. The molecule has 4 nitrogen and oxygen atoms in total. The van der Waals surface area contributed by atoms with Crippen molar-refractivity contribution in [2.24, 2.45) is 0 Å². The van der Waals surface area contributed by atoms with Crippen molar-refractivity contribution in [3.63, 3.8) is 0 Å². The van der Waals surface area contributed by atoms with Crippen molar-refractivity contribution < 1.29 is 0 Å². The number of aryl methyl sites for hydroxylation is 2. The molecule has 0 aliphatic carbocycles. The minimum atomic E-state index is 0.129. The molecule has 4 heteroatoms. The van der Waals surface area contributed by atoms with Crippen molar-refractivity contribution >= 4 is 0 Å². The molecule has 0 N–H and O–H groups in total. The van der Waals surface area contributed by atoms with E-state index >= 15 is 0 Å². The van der Waals surface area contributed by atoms with Crippen LogP contribution in [0, 0.1) is 0 Å². The Morgan fingerprint density at radius 2 is 1.81 bits per heavy atom. The van der Waals surface area contributed by atoms with Gasteiger partial charge < -0.3 is 4.90 Å². The van der Waals surface area contributed by atoms with Crippen molar-refractivity contribution in [3.05, 3.63) is 22.9 Å². The normalized spacial score (nSPS) is 17.1. The molecule has 1 aliphatic rings. The first-order valence-corrected chi connectivity index (χ1v) is 6.29. The molecule has 2 heterocycles. The highest BCUT2D eigenvalue weighted by atomic mass is 16.1. The Hall–Kier alpha value is -1.03. The van der Waals surface area contributed by atoms with Gasteiger partial charge in [0, 0.05) is 25.5 Å². The quantitative estimate of drug-likeness (QED) is 0.749. The monoisotopic (exact) mass is 223 g/mol. The van der Waals surface area contributed by atoms with E-state index in [0.717, 1.165) is 26.1 Å². The Morgan fingerprint density at radius 3 is 2.44 bits per heavy atom. The number of likely N-dealkylation sites (tertiary alicyclic amines) is 1. The minimum Gasteiger partial charge on any atom is -0.303 e. The minimum absolute atomic E-state index is 0.129. The molecule has 0 unspecified atom stereocenters. The Kier molecular flexibility index (Phi) is 3.83. The van der Waals surface area contributed by atoms with Gasteiger partial charge in [0.1, 0.15) is 0 Å². The maximum absolute atomic E-state index is 11.7. The molecule has 1 fully saturated rings. The molecule has 1 aliphatic heterocycles. The first kappa shape index (κ1) is 11.5. The molecule has 0 bridgehead atoms. The molecule has 0 saturated carbocycles. The van der Waals surface area contributed by atoms with Gasteiger partial charge in [0.05, 0.1) is 0 Å². The maximum atomic E-state index is 11.7. The second kappa shape index (κ2) is 5.34. The molecule has 1 aromatic rings. The summed E-state index contributed by atoms with van der Waals surface area (Å²) in [4.78, 5) is 14.2. The zero-order valence-corrected chi connectivity index (χ0v) is 10.1. The van der Waals surface area contributed by atoms with Crippen LogP contribution in [0.4, 0.5) is 0 Å². The summed E-state index contributed by atoms with van der Waals surface area (Å²) in [6, 6.07) is 0.